The SMILES string of the molecule is NC1CCN(C(=O)C2(c3cccc(Br)c3)CCCCC2)CC1. The highest BCUT2D eigenvalue weighted by Crippen LogP contribution is 2.42. The van der Waals surface area contributed by atoms with E-state index >= 15 is 0 Å². The highest BCUT2D eigenvalue weighted by molar-refractivity contribution is 9.10. The molecule has 1 aromatic carbocycles. The van der Waals surface area contributed by atoms with Crippen molar-refractivity contribution in [3.63, 3.8) is 0 Å². The zero-order chi connectivity index (χ0) is 15.6. The average Bonchev–Trinajstić information content (AvgIpc) is 2.55. The Morgan fingerprint density at radius 2 is 1.86 bits per heavy atom. The van der Waals surface area contributed by atoms with Gasteiger partial charge in [0, 0.05) is 23.6 Å². The Morgan fingerprint density at radius 3 is 2.50 bits per heavy atom. The predicted octanol–water partition coefficient (Wildman–Crippen LogP) is 3.60. The van der Waals surface area contributed by atoms with Crippen LogP contribution in [0.3, 0.4) is 0 Å². The normalized spacial score (nSPS) is 22.5. The molecule has 120 valence electrons. The monoisotopic (exact) mass is 364 g/mol. The van der Waals surface area contributed by atoms with E-state index in [1.807, 2.05) is 6.07 Å². The van der Waals surface area contributed by atoms with Crippen LogP contribution in [0.5, 0.6) is 0 Å². The number of piperidine rings is 1. The van der Waals surface area contributed by atoms with Crippen LogP contribution in [0.15, 0.2) is 28.7 Å². The lowest BCUT2D eigenvalue weighted by atomic mass is 9.68. The maximum atomic E-state index is 13.4. The highest BCUT2D eigenvalue weighted by Gasteiger charge is 2.43. The number of amides is 1. The summed E-state index contributed by atoms with van der Waals surface area (Å²) in [6.07, 6.45) is 7.35. The number of carbonyl (C=O) groups excluding carboxylic acids is 1. The Hall–Kier alpha value is -0.870. The van der Waals surface area contributed by atoms with E-state index in [1.165, 1.54) is 12.0 Å². The second kappa shape index (κ2) is 6.71. The smallest absolute Gasteiger partial charge is 0.233 e. The lowest BCUT2D eigenvalue weighted by Crippen LogP contribution is -2.52. The molecule has 0 bridgehead atoms. The molecular weight excluding hydrogens is 340 g/mol. The van der Waals surface area contributed by atoms with E-state index in [9.17, 15) is 4.79 Å². The minimum atomic E-state index is -0.316. The van der Waals surface area contributed by atoms with Gasteiger partial charge in [0.25, 0.3) is 0 Å². The van der Waals surface area contributed by atoms with Crippen LogP contribution < -0.4 is 5.73 Å². The molecule has 0 radical (unpaired) electrons. The maximum absolute atomic E-state index is 13.4. The first-order valence-electron chi connectivity index (χ1n) is 8.43. The van der Waals surface area contributed by atoms with Crippen LogP contribution in [0, 0.1) is 0 Å². The number of halogens is 1. The van der Waals surface area contributed by atoms with Gasteiger partial charge in [-0.3, -0.25) is 4.79 Å². The first-order chi connectivity index (χ1) is 10.6. The van der Waals surface area contributed by atoms with E-state index in [0.29, 0.717) is 5.91 Å². The molecule has 1 heterocycles. The van der Waals surface area contributed by atoms with Crippen molar-refractivity contribution in [3.05, 3.63) is 34.3 Å². The number of benzene rings is 1. The Balaban J connectivity index is 1.90. The van der Waals surface area contributed by atoms with E-state index in [0.717, 1.165) is 56.1 Å². The number of rotatable bonds is 2. The van der Waals surface area contributed by atoms with Crippen LogP contribution in [0.4, 0.5) is 0 Å². The molecule has 1 aliphatic heterocycles. The van der Waals surface area contributed by atoms with Gasteiger partial charge in [-0.2, -0.15) is 0 Å². The molecule has 0 unspecified atom stereocenters. The summed E-state index contributed by atoms with van der Waals surface area (Å²) >= 11 is 3.56. The third kappa shape index (κ3) is 3.09. The molecule has 1 saturated carbocycles. The fraction of sp³-hybridized carbons (Fsp3) is 0.611. The summed E-state index contributed by atoms with van der Waals surface area (Å²) in [6.45, 7) is 1.63. The number of nitrogens with two attached hydrogens (primary N) is 1. The van der Waals surface area contributed by atoms with Crippen LogP contribution in [0.25, 0.3) is 0 Å². The number of nitrogens with zero attached hydrogens (tertiary/aromatic N) is 1. The van der Waals surface area contributed by atoms with Crippen molar-refractivity contribution >= 4 is 21.8 Å². The highest BCUT2D eigenvalue weighted by atomic mass is 79.9. The van der Waals surface area contributed by atoms with Crippen molar-refractivity contribution in [1.29, 1.82) is 0 Å². The molecule has 4 heteroatoms. The van der Waals surface area contributed by atoms with E-state index in [1.54, 1.807) is 0 Å². The van der Waals surface area contributed by atoms with Gasteiger partial charge in [0.05, 0.1) is 5.41 Å². The molecule has 2 N–H and O–H groups in total. The summed E-state index contributed by atoms with van der Waals surface area (Å²) in [4.78, 5) is 15.4. The molecule has 0 aromatic heterocycles. The second-order valence-electron chi connectivity index (χ2n) is 6.78. The minimum Gasteiger partial charge on any atom is -0.342 e. The van der Waals surface area contributed by atoms with Gasteiger partial charge in [-0.15, -0.1) is 0 Å². The number of likely N-dealkylation sites (tertiary alicyclic amines) is 1. The van der Waals surface area contributed by atoms with Crippen LogP contribution >= 0.6 is 15.9 Å². The fourth-order valence-corrected chi connectivity index (χ4v) is 4.37. The number of hydrogen-bond donors (Lipinski definition) is 1. The van der Waals surface area contributed by atoms with E-state index in [-0.39, 0.29) is 11.5 Å². The summed E-state index contributed by atoms with van der Waals surface area (Å²) in [5, 5.41) is 0. The molecule has 3 nitrogen and oxygen atoms in total. The van der Waals surface area contributed by atoms with Gasteiger partial charge in [0.2, 0.25) is 5.91 Å². The minimum absolute atomic E-state index is 0.261. The van der Waals surface area contributed by atoms with Crippen molar-refractivity contribution in [2.75, 3.05) is 13.1 Å². The largest absolute Gasteiger partial charge is 0.342 e. The number of hydrogen-bond acceptors (Lipinski definition) is 2. The summed E-state index contributed by atoms with van der Waals surface area (Å²) in [5.41, 5.74) is 6.86. The molecule has 1 amide bonds. The summed E-state index contributed by atoms with van der Waals surface area (Å²) in [7, 11) is 0. The van der Waals surface area contributed by atoms with Crippen LogP contribution in [-0.4, -0.2) is 29.9 Å². The molecule has 2 aliphatic rings. The van der Waals surface area contributed by atoms with Crippen LogP contribution in [-0.2, 0) is 10.2 Å². The Bertz CT molecular complexity index is 532. The standard InChI is InChI=1S/C18H25BrN2O/c19-15-6-4-5-14(13-15)18(9-2-1-3-10-18)17(22)21-11-7-16(20)8-12-21/h4-6,13,16H,1-3,7-12,20H2. The maximum Gasteiger partial charge on any atom is 0.233 e. The van der Waals surface area contributed by atoms with E-state index < -0.39 is 0 Å². The van der Waals surface area contributed by atoms with Crippen molar-refractivity contribution in [1.82, 2.24) is 4.90 Å². The van der Waals surface area contributed by atoms with Gasteiger partial charge in [-0.1, -0.05) is 47.3 Å². The van der Waals surface area contributed by atoms with Gasteiger partial charge in [-0.05, 0) is 43.4 Å². The van der Waals surface area contributed by atoms with Crippen molar-refractivity contribution in [3.8, 4) is 0 Å². The molecule has 1 saturated heterocycles. The van der Waals surface area contributed by atoms with Gasteiger partial charge in [0.1, 0.15) is 0 Å². The Kier molecular flexibility index (Phi) is 4.88. The van der Waals surface area contributed by atoms with Crippen LogP contribution in [0.1, 0.15) is 50.5 Å². The molecule has 3 rings (SSSR count). The molecule has 1 aromatic rings. The van der Waals surface area contributed by atoms with Gasteiger partial charge < -0.3 is 10.6 Å². The van der Waals surface area contributed by atoms with Crippen molar-refractivity contribution in [2.45, 2.75) is 56.4 Å². The molecule has 0 spiro atoms. The zero-order valence-corrected chi connectivity index (χ0v) is 14.6. The van der Waals surface area contributed by atoms with Crippen LogP contribution in [0.2, 0.25) is 0 Å². The topological polar surface area (TPSA) is 46.3 Å². The van der Waals surface area contributed by atoms with Gasteiger partial charge in [-0.25, -0.2) is 0 Å². The average molecular weight is 365 g/mol. The Labute approximate surface area is 141 Å². The Morgan fingerprint density at radius 1 is 1.18 bits per heavy atom. The van der Waals surface area contributed by atoms with E-state index in [2.05, 4.69) is 39.0 Å². The number of carbonyl (C=O) groups is 1. The summed E-state index contributed by atoms with van der Waals surface area (Å²) in [6, 6.07) is 8.61. The molecule has 1 aliphatic carbocycles. The van der Waals surface area contributed by atoms with Crippen molar-refractivity contribution in [2.24, 2.45) is 5.73 Å². The quantitative estimate of drug-likeness (QED) is 0.871. The predicted molar refractivity (Wildman–Crippen MR) is 92.7 cm³/mol. The lowest BCUT2D eigenvalue weighted by molar-refractivity contribution is -0.140. The third-order valence-corrected chi connectivity index (χ3v) is 5.81. The molecule has 22 heavy (non-hydrogen) atoms. The summed E-state index contributed by atoms with van der Waals surface area (Å²) < 4.78 is 1.06. The first-order valence-corrected chi connectivity index (χ1v) is 9.22. The molecular formula is C18H25BrN2O. The third-order valence-electron chi connectivity index (χ3n) is 5.32. The molecule has 2 fully saturated rings. The van der Waals surface area contributed by atoms with E-state index in [4.69, 9.17) is 5.73 Å². The first kappa shape index (κ1) is 16.0. The fourth-order valence-electron chi connectivity index (χ4n) is 3.97. The van der Waals surface area contributed by atoms with Gasteiger partial charge in [0.15, 0.2) is 0 Å². The van der Waals surface area contributed by atoms with Crippen molar-refractivity contribution < 1.29 is 4.79 Å². The lowest BCUT2D eigenvalue weighted by Gasteiger charge is -2.42. The van der Waals surface area contributed by atoms with Gasteiger partial charge >= 0.3 is 0 Å². The zero-order valence-electron chi connectivity index (χ0n) is 13.1. The molecule has 0 atom stereocenters. The second-order valence-corrected chi connectivity index (χ2v) is 7.70. The summed E-state index contributed by atoms with van der Waals surface area (Å²) in [5.74, 6) is 0.331.